The molecule has 0 bridgehead atoms. The number of aliphatic hydroxyl groups excluding tert-OH is 1. The zero-order chi connectivity index (χ0) is 15.2. The standard InChI is InChI=1S/C16H11F3OS/c17-13-3-4-16(15(19)9-13)21-10-12-6-11(2-1-5-20)7-14(18)8-12/h3-4,6-9,20H,5,10H2. The molecule has 2 aromatic rings. The molecule has 0 aromatic heterocycles. The van der Waals surface area contributed by atoms with Crippen molar-refractivity contribution in [3.63, 3.8) is 0 Å². The number of halogens is 3. The van der Waals surface area contributed by atoms with Crippen molar-refractivity contribution in [2.24, 2.45) is 0 Å². The number of aliphatic hydroxyl groups is 1. The Hall–Kier alpha value is -1.90. The molecule has 0 atom stereocenters. The van der Waals surface area contributed by atoms with Crippen LogP contribution in [0.2, 0.25) is 0 Å². The van der Waals surface area contributed by atoms with Gasteiger partial charge in [-0.1, -0.05) is 11.8 Å². The molecule has 21 heavy (non-hydrogen) atoms. The van der Waals surface area contributed by atoms with Gasteiger partial charge in [-0.3, -0.25) is 0 Å². The van der Waals surface area contributed by atoms with E-state index in [9.17, 15) is 13.2 Å². The third-order valence-electron chi connectivity index (χ3n) is 2.56. The van der Waals surface area contributed by atoms with Crippen molar-refractivity contribution in [1.29, 1.82) is 0 Å². The maximum atomic E-state index is 13.5. The molecule has 1 nitrogen and oxygen atoms in total. The van der Waals surface area contributed by atoms with Crippen LogP contribution in [0, 0.1) is 29.3 Å². The molecule has 1 N–H and O–H groups in total. The first kappa shape index (κ1) is 15.5. The van der Waals surface area contributed by atoms with Gasteiger partial charge in [0.1, 0.15) is 24.1 Å². The quantitative estimate of drug-likeness (QED) is 0.688. The summed E-state index contributed by atoms with van der Waals surface area (Å²) in [7, 11) is 0. The number of benzene rings is 2. The van der Waals surface area contributed by atoms with Crippen molar-refractivity contribution in [3.05, 3.63) is 65.0 Å². The van der Waals surface area contributed by atoms with Gasteiger partial charge in [0.15, 0.2) is 0 Å². The second-order valence-corrected chi connectivity index (χ2v) is 5.19. The molecule has 2 rings (SSSR count). The molecular formula is C16H11F3OS. The smallest absolute Gasteiger partial charge is 0.139 e. The summed E-state index contributed by atoms with van der Waals surface area (Å²) in [5.41, 5.74) is 1.07. The van der Waals surface area contributed by atoms with Gasteiger partial charge < -0.3 is 5.11 Å². The molecule has 0 heterocycles. The minimum absolute atomic E-state index is 0.295. The van der Waals surface area contributed by atoms with Crippen molar-refractivity contribution in [2.75, 3.05) is 6.61 Å². The fourth-order valence-electron chi connectivity index (χ4n) is 1.70. The number of hydrogen-bond donors (Lipinski definition) is 1. The Morgan fingerprint density at radius 2 is 1.81 bits per heavy atom. The van der Waals surface area contributed by atoms with E-state index in [4.69, 9.17) is 5.11 Å². The predicted molar refractivity (Wildman–Crippen MR) is 76.3 cm³/mol. The Morgan fingerprint density at radius 3 is 2.52 bits per heavy atom. The topological polar surface area (TPSA) is 20.2 Å². The molecule has 5 heteroatoms. The molecular weight excluding hydrogens is 297 g/mol. The lowest BCUT2D eigenvalue weighted by atomic mass is 10.1. The third-order valence-corrected chi connectivity index (χ3v) is 3.68. The van der Waals surface area contributed by atoms with Gasteiger partial charge in [0.2, 0.25) is 0 Å². The van der Waals surface area contributed by atoms with E-state index in [-0.39, 0.29) is 6.61 Å². The highest BCUT2D eigenvalue weighted by Gasteiger charge is 2.06. The molecule has 108 valence electrons. The van der Waals surface area contributed by atoms with Crippen molar-refractivity contribution in [2.45, 2.75) is 10.6 Å². The second-order valence-electron chi connectivity index (χ2n) is 4.17. The summed E-state index contributed by atoms with van der Waals surface area (Å²) in [6, 6.07) is 7.59. The van der Waals surface area contributed by atoms with Crippen molar-refractivity contribution < 1.29 is 18.3 Å². The van der Waals surface area contributed by atoms with Crippen molar-refractivity contribution in [1.82, 2.24) is 0 Å². The van der Waals surface area contributed by atoms with Crippen LogP contribution in [-0.2, 0) is 5.75 Å². The van der Waals surface area contributed by atoms with Gasteiger partial charge in [-0.05, 0) is 35.9 Å². The number of hydrogen-bond acceptors (Lipinski definition) is 2. The highest BCUT2D eigenvalue weighted by molar-refractivity contribution is 7.98. The monoisotopic (exact) mass is 308 g/mol. The van der Waals surface area contributed by atoms with Gasteiger partial charge in [-0.15, -0.1) is 11.8 Å². The van der Waals surface area contributed by atoms with Crippen molar-refractivity contribution in [3.8, 4) is 11.8 Å². The molecule has 0 spiro atoms. The van der Waals surface area contributed by atoms with Crippen LogP contribution in [0.5, 0.6) is 0 Å². The van der Waals surface area contributed by atoms with Crippen LogP contribution in [-0.4, -0.2) is 11.7 Å². The van der Waals surface area contributed by atoms with Crippen molar-refractivity contribution >= 4 is 11.8 Å². The van der Waals surface area contributed by atoms with Crippen LogP contribution in [0.15, 0.2) is 41.3 Å². The molecule has 0 aliphatic carbocycles. The number of rotatable bonds is 3. The lowest BCUT2D eigenvalue weighted by Gasteiger charge is -2.05. The lowest BCUT2D eigenvalue weighted by Crippen LogP contribution is -1.89. The number of thioether (sulfide) groups is 1. The van der Waals surface area contributed by atoms with Crippen LogP contribution < -0.4 is 0 Å². The van der Waals surface area contributed by atoms with Crippen LogP contribution in [0.1, 0.15) is 11.1 Å². The summed E-state index contributed by atoms with van der Waals surface area (Å²) in [4.78, 5) is 0.295. The van der Waals surface area contributed by atoms with Crippen LogP contribution in [0.4, 0.5) is 13.2 Å². The lowest BCUT2D eigenvalue weighted by molar-refractivity contribution is 0.350. The molecule has 0 saturated heterocycles. The summed E-state index contributed by atoms with van der Waals surface area (Å²) >= 11 is 1.14. The van der Waals surface area contributed by atoms with E-state index >= 15 is 0 Å². The molecule has 0 aliphatic heterocycles. The summed E-state index contributed by atoms with van der Waals surface area (Å²) in [5, 5.41) is 8.63. The second kappa shape index (κ2) is 7.21. The summed E-state index contributed by atoms with van der Waals surface area (Å²) in [6.45, 7) is -0.304. The third kappa shape index (κ3) is 4.55. The average Bonchev–Trinajstić information content (AvgIpc) is 2.43. The van der Waals surface area contributed by atoms with Gasteiger partial charge in [0.25, 0.3) is 0 Å². The van der Waals surface area contributed by atoms with Gasteiger partial charge >= 0.3 is 0 Å². The van der Waals surface area contributed by atoms with Gasteiger partial charge in [0.05, 0.1) is 0 Å². The Bertz CT molecular complexity index is 704. The Kier molecular flexibility index (Phi) is 5.32. The van der Waals surface area contributed by atoms with E-state index in [0.29, 0.717) is 21.8 Å². The molecule has 0 fully saturated rings. The van der Waals surface area contributed by atoms with E-state index in [2.05, 4.69) is 11.8 Å². The Morgan fingerprint density at radius 1 is 1.00 bits per heavy atom. The van der Waals surface area contributed by atoms with Crippen LogP contribution in [0.25, 0.3) is 0 Å². The molecule has 0 unspecified atom stereocenters. The highest BCUT2D eigenvalue weighted by Crippen LogP contribution is 2.26. The summed E-state index contributed by atoms with van der Waals surface area (Å²) in [6.07, 6.45) is 0. The van der Waals surface area contributed by atoms with Gasteiger partial charge in [0, 0.05) is 22.3 Å². The summed E-state index contributed by atoms with van der Waals surface area (Å²) in [5.74, 6) is 3.66. The zero-order valence-corrected chi connectivity index (χ0v) is 11.7. The normalized spacial score (nSPS) is 10.1. The first-order valence-corrected chi connectivity index (χ1v) is 7.04. The van der Waals surface area contributed by atoms with Crippen LogP contribution >= 0.6 is 11.8 Å². The van der Waals surface area contributed by atoms with Gasteiger partial charge in [-0.2, -0.15) is 0 Å². The average molecular weight is 308 g/mol. The Balaban J connectivity index is 2.14. The fourth-order valence-corrected chi connectivity index (χ4v) is 2.55. The summed E-state index contributed by atoms with van der Waals surface area (Å²) < 4.78 is 39.7. The zero-order valence-electron chi connectivity index (χ0n) is 10.9. The maximum absolute atomic E-state index is 13.5. The van der Waals surface area contributed by atoms with Gasteiger partial charge in [-0.25, -0.2) is 13.2 Å². The minimum Gasteiger partial charge on any atom is -0.384 e. The fraction of sp³-hybridized carbons (Fsp3) is 0.125. The Labute approximate surface area is 124 Å². The van der Waals surface area contributed by atoms with E-state index < -0.39 is 17.5 Å². The largest absolute Gasteiger partial charge is 0.384 e. The molecule has 0 amide bonds. The first-order valence-electron chi connectivity index (χ1n) is 6.05. The van der Waals surface area contributed by atoms with E-state index in [1.54, 1.807) is 6.07 Å². The molecule has 0 saturated carbocycles. The van der Waals surface area contributed by atoms with E-state index in [1.165, 1.54) is 24.3 Å². The molecule has 0 aliphatic rings. The highest BCUT2D eigenvalue weighted by atomic mass is 32.2. The SMILES string of the molecule is OCC#Cc1cc(F)cc(CSc2ccc(F)cc2F)c1. The predicted octanol–water partition coefficient (Wildman–Crippen LogP) is 3.74. The maximum Gasteiger partial charge on any atom is 0.139 e. The molecule has 2 aromatic carbocycles. The van der Waals surface area contributed by atoms with E-state index in [1.807, 2.05) is 0 Å². The van der Waals surface area contributed by atoms with Crippen LogP contribution in [0.3, 0.4) is 0 Å². The minimum atomic E-state index is -0.642. The molecule has 0 radical (unpaired) electrons. The van der Waals surface area contributed by atoms with E-state index in [0.717, 1.165) is 17.8 Å². The first-order chi connectivity index (χ1) is 10.1.